The molecular formula is C22H22N4O. The number of aromatic amines is 1. The Morgan fingerprint density at radius 1 is 0.926 bits per heavy atom. The fourth-order valence-corrected chi connectivity index (χ4v) is 3.17. The maximum atomic E-state index is 12.5. The Kier molecular flexibility index (Phi) is 4.42. The van der Waals surface area contributed by atoms with Crippen LogP contribution in [0.4, 0.5) is 17.1 Å². The van der Waals surface area contributed by atoms with Crippen LogP contribution in [0.25, 0.3) is 11.0 Å². The van der Waals surface area contributed by atoms with Gasteiger partial charge in [-0.3, -0.25) is 4.57 Å². The summed E-state index contributed by atoms with van der Waals surface area (Å²) < 4.78 is 1.77. The highest BCUT2D eigenvalue weighted by Crippen LogP contribution is 2.21. The zero-order valence-corrected chi connectivity index (χ0v) is 15.4. The second-order valence-corrected chi connectivity index (χ2v) is 6.80. The van der Waals surface area contributed by atoms with Crippen molar-refractivity contribution in [3.8, 4) is 0 Å². The van der Waals surface area contributed by atoms with E-state index in [-0.39, 0.29) is 5.69 Å². The van der Waals surface area contributed by atoms with Crippen LogP contribution in [0.2, 0.25) is 0 Å². The van der Waals surface area contributed by atoms with E-state index in [0.717, 1.165) is 33.7 Å². The van der Waals surface area contributed by atoms with E-state index in [1.807, 2.05) is 62.6 Å². The van der Waals surface area contributed by atoms with Gasteiger partial charge in [0.25, 0.3) is 0 Å². The maximum Gasteiger partial charge on any atom is 0.326 e. The number of nitrogens with one attached hydrogen (secondary N) is 2. The van der Waals surface area contributed by atoms with Crippen LogP contribution in [-0.2, 0) is 6.54 Å². The highest BCUT2D eigenvalue weighted by atomic mass is 16.1. The van der Waals surface area contributed by atoms with E-state index in [2.05, 4.69) is 39.5 Å². The number of benzene rings is 3. The number of anilines is 3. The van der Waals surface area contributed by atoms with Crippen LogP contribution in [0.15, 0.2) is 77.6 Å². The molecule has 3 aromatic carbocycles. The van der Waals surface area contributed by atoms with Gasteiger partial charge in [0.2, 0.25) is 0 Å². The van der Waals surface area contributed by atoms with Crippen molar-refractivity contribution in [2.24, 2.45) is 0 Å². The van der Waals surface area contributed by atoms with Gasteiger partial charge in [-0.05, 0) is 48.0 Å². The van der Waals surface area contributed by atoms with Crippen LogP contribution in [0, 0.1) is 0 Å². The smallest absolute Gasteiger partial charge is 0.326 e. The summed E-state index contributed by atoms with van der Waals surface area (Å²) in [4.78, 5) is 17.5. The standard InChI is InChI=1S/C22H22N4O/c1-25(2)19-11-8-16(9-12-19)15-26-21-13-10-18(14-20(21)24-22(26)27)23-17-6-4-3-5-7-17/h3-14,23H,15H2,1-2H3,(H,24,27). The molecule has 4 aromatic rings. The van der Waals surface area contributed by atoms with Crippen LogP contribution in [0.1, 0.15) is 5.56 Å². The van der Waals surface area contributed by atoms with E-state index in [1.54, 1.807) is 4.57 Å². The number of aromatic nitrogens is 2. The average Bonchev–Trinajstić information content (AvgIpc) is 2.97. The van der Waals surface area contributed by atoms with E-state index >= 15 is 0 Å². The summed E-state index contributed by atoms with van der Waals surface area (Å²) in [5.41, 5.74) is 5.81. The topological polar surface area (TPSA) is 53.1 Å². The van der Waals surface area contributed by atoms with Gasteiger partial charge in [0.15, 0.2) is 0 Å². The van der Waals surface area contributed by atoms with Gasteiger partial charge >= 0.3 is 5.69 Å². The molecule has 0 bridgehead atoms. The average molecular weight is 358 g/mol. The predicted octanol–water partition coefficient (Wildman–Crippen LogP) is 4.19. The lowest BCUT2D eigenvalue weighted by atomic mass is 10.2. The molecule has 0 fully saturated rings. The highest BCUT2D eigenvalue weighted by Gasteiger charge is 2.08. The van der Waals surface area contributed by atoms with E-state index in [0.29, 0.717) is 6.54 Å². The molecule has 0 radical (unpaired) electrons. The van der Waals surface area contributed by atoms with E-state index in [9.17, 15) is 4.79 Å². The lowest BCUT2D eigenvalue weighted by Crippen LogP contribution is -2.17. The second-order valence-electron chi connectivity index (χ2n) is 6.80. The third-order valence-corrected chi connectivity index (χ3v) is 4.63. The molecule has 0 atom stereocenters. The van der Waals surface area contributed by atoms with Crippen molar-refractivity contribution in [1.82, 2.24) is 9.55 Å². The first kappa shape index (κ1) is 17.0. The van der Waals surface area contributed by atoms with E-state index in [4.69, 9.17) is 0 Å². The van der Waals surface area contributed by atoms with Crippen molar-refractivity contribution in [3.05, 3.63) is 88.8 Å². The minimum atomic E-state index is -0.0986. The van der Waals surface area contributed by atoms with Crippen LogP contribution < -0.4 is 15.9 Å². The summed E-state index contributed by atoms with van der Waals surface area (Å²) in [6.45, 7) is 0.540. The predicted molar refractivity (Wildman–Crippen MR) is 112 cm³/mol. The molecule has 4 rings (SSSR count). The van der Waals surface area contributed by atoms with Crippen molar-refractivity contribution < 1.29 is 0 Å². The Morgan fingerprint density at radius 2 is 1.67 bits per heavy atom. The van der Waals surface area contributed by atoms with Crippen molar-refractivity contribution in [2.75, 3.05) is 24.3 Å². The Morgan fingerprint density at radius 3 is 2.37 bits per heavy atom. The lowest BCUT2D eigenvalue weighted by Gasteiger charge is -2.13. The number of rotatable bonds is 5. The van der Waals surface area contributed by atoms with Crippen molar-refractivity contribution >= 4 is 28.1 Å². The molecule has 0 saturated carbocycles. The van der Waals surface area contributed by atoms with E-state index < -0.39 is 0 Å². The van der Waals surface area contributed by atoms with Gasteiger partial charge < -0.3 is 15.2 Å². The largest absolute Gasteiger partial charge is 0.378 e. The maximum absolute atomic E-state index is 12.5. The number of H-pyrrole nitrogens is 1. The molecule has 1 heterocycles. The fraction of sp³-hybridized carbons (Fsp3) is 0.136. The molecule has 0 saturated heterocycles. The Hall–Kier alpha value is -3.47. The molecule has 5 nitrogen and oxygen atoms in total. The summed E-state index contributed by atoms with van der Waals surface area (Å²) >= 11 is 0. The molecular weight excluding hydrogens is 336 g/mol. The Balaban J connectivity index is 1.62. The zero-order chi connectivity index (χ0) is 18.8. The molecule has 27 heavy (non-hydrogen) atoms. The highest BCUT2D eigenvalue weighted by molar-refractivity contribution is 5.81. The number of hydrogen-bond acceptors (Lipinski definition) is 3. The molecule has 136 valence electrons. The first-order chi connectivity index (χ1) is 13.1. The molecule has 2 N–H and O–H groups in total. The minimum Gasteiger partial charge on any atom is -0.378 e. The molecule has 0 amide bonds. The number of para-hydroxylation sites is 1. The molecule has 0 aliphatic carbocycles. The minimum absolute atomic E-state index is 0.0986. The lowest BCUT2D eigenvalue weighted by molar-refractivity contribution is 0.787. The zero-order valence-electron chi connectivity index (χ0n) is 15.4. The molecule has 0 aliphatic rings. The molecule has 0 spiro atoms. The quantitative estimate of drug-likeness (QED) is 0.562. The number of hydrogen-bond donors (Lipinski definition) is 2. The fourth-order valence-electron chi connectivity index (χ4n) is 3.17. The third-order valence-electron chi connectivity index (χ3n) is 4.63. The first-order valence-corrected chi connectivity index (χ1v) is 8.91. The summed E-state index contributed by atoms with van der Waals surface area (Å²) in [7, 11) is 4.03. The van der Waals surface area contributed by atoms with Gasteiger partial charge in [0, 0.05) is 31.2 Å². The molecule has 0 unspecified atom stereocenters. The summed E-state index contributed by atoms with van der Waals surface area (Å²) in [6, 6.07) is 24.2. The van der Waals surface area contributed by atoms with Crippen molar-refractivity contribution in [3.63, 3.8) is 0 Å². The van der Waals surface area contributed by atoms with Gasteiger partial charge in [-0.2, -0.15) is 0 Å². The molecule has 1 aromatic heterocycles. The summed E-state index contributed by atoms with van der Waals surface area (Å²) in [5.74, 6) is 0. The number of imidazole rings is 1. The monoisotopic (exact) mass is 358 g/mol. The van der Waals surface area contributed by atoms with E-state index in [1.165, 1.54) is 0 Å². The number of fused-ring (bicyclic) bond motifs is 1. The SMILES string of the molecule is CN(C)c1ccc(Cn2c(=O)[nH]c3cc(Nc4ccccc4)ccc32)cc1. The summed E-state index contributed by atoms with van der Waals surface area (Å²) in [6.07, 6.45) is 0. The first-order valence-electron chi connectivity index (χ1n) is 8.91. The molecule has 0 aliphatic heterocycles. The third kappa shape index (κ3) is 3.58. The number of nitrogens with zero attached hydrogens (tertiary/aromatic N) is 2. The Bertz CT molecular complexity index is 1110. The van der Waals surface area contributed by atoms with Crippen molar-refractivity contribution in [1.29, 1.82) is 0 Å². The Labute approximate surface area is 157 Å². The normalized spacial score (nSPS) is 10.9. The van der Waals surface area contributed by atoms with Gasteiger partial charge in [-0.25, -0.2) is 4.79 Å². The van der Waals surface area contributed by atoms with Crippen LogP contribution in [0.5, 0.6) is 0 Å². The van der Waals surface area contributed by atoms with Crippen molar-refractivity contribution in [2.45, 2.75) is 6.54 Å². The van der Waals surface area contributed by atoms with Crippen LogP contribution in [-0.4, -0.2) is 23.6 Å². The molecule has 5 heteroatoms. The van der Waals surface area contributed by atoms with Gasteiger partial charge in [-0.1, -0.05) is 30.3 Å². The van der Waals surface area contributed by atoms with Gasteiger partial charge in [-0.15, -0.1) is 0 Å². The van der Waals surface area contributed by atoms with Crippen LogP contribution >= 0.6 is 0 Å². The second kappa shape index (κ2) is 7.03. The summed E-state index contributed by atoms with van der Waals surface area (Å²) in [5, 5.41) is 3.36. The van der Waals surface area contributed by atoms with Crippen LogP contribution in [0.3, 0.4) is 0 Å². The van der Waals surface area contributed by atoms with Gasteiger partial charge in [0.05, 0.1) is 17.6 Å². The van der Waals surface area contributed by atoms with Gasteiger partial charge in [0.1, 0.15) is 0 Å².